The van der Waals surface area contributed by atoms with E-state index in [1.54, 1.807) is 20.8 Å². The topological polar surface area (TPSA) is 42.3 Å². The van der Waals surface area contributed by atoms with E-state index in [1.807, 2.05) is 0 Å². The minimum atomic E-state index is -6.09. The molecule has 2 amide bonds. The number of fused-ring (bicyclic) bond motifs is 1. The van der Waals surface area contributed by atoms with Gasteiger partial charge < -0.3 is 4.57 Å². The van der Waals surface area contributed by atoms with Crippen LogP contribution in [-0.2, 0) is 16.2 Å². The summed E-state index contributed by atoms with van der Waals surface area (Å²) in [7, 11) is 0. The molecular formula is C46H40F12N2O2. The number of hydrogen-bond acceptors (Lipinski definition) is 2. The van der Waals surface area contributed by atoms with E-state index >= 15 is 26.3 Å². The zero-order chi connectivity index (χ0) is 47.0. The summed E-state index contributed by atoms with van der Waals surface area (Å²) in [6.45, 7) is 17.2. The number of benzene rings is 3. The van der Waals surface area contributed by atoms with Crippen molar-refractivity contribution in [2.24, 2.45) is 0 Å². The van der Waals surface area contributed by atoms with Gasteiger partial charge in [0.05, 0.1) is 11.1 Å². The molecule has 0 radical (unpaired) electrons. The highest BCUT2D eigenvalue weighted by Gasteiger charge is 2.73. The zero-order valence-electron chi connectivity index (χ0n) is 34.2. The van der Waals surface area contributed by atoms with E-state index in [1.165, 1.54) is 39.0 Å². The number of halogens is 12. The second kappa shape index (κ2) is 15.3. The number of carbonyl (C=O) groups excluding carboxylic acids is 2. The fraction of sp³-hybridized carbons (Fsp3) is 0.348. The van der Waals surface area contributed by atoms with Crippen LogP contribution in [0.2, 0.25) is 0 Å². The summed E-state index contributed by atoms with van der Waals surface area (Å²) >= 11 is 0. The molecule has 0 atom stereocenters. The number of alkyl halides is 12. The molecule has 0 fully saturated rings. The van der Waals surface area contributed by atoms with Gasteiger partial charge in [0.15, 0.2) is 5.41 Å². The van der Waals surface area contributed by atoms with Crippen molar-refractivity contribution in [1.82, 2.24) is 9.47 Å². The molecule has 0 bridgehead atoms. The van der Waals surface area contributed by atoms with Crippen LogP contribution in [0.25, 0.3) is 31.0 Å². The first kappa shape index (κ1) is 47.3. The van der Waals surface area contributed by atoms with E-state index < -0.39 is 92.5 Å². The summed E-state index contributed by atoms with van der Waals surface area (Å²) in [6, 6.07) is 8.31. The van der Waals surface area contributed by atoms with Gasteiger partial charge in [0.2, 0.25) is 5.41 Å². The van der Waals surface area contributed by atoms with Crippen LogP contribution in [0.15, 0.2) is 66.7 Å². The third-order valence-corrected chi connectivity index (χ3v) is 11.1. The lowest BCUT2D eigenvalue weighted by Crippen LogP contribution is -2.54. The van der Waals surface area contributed by atoms with Crippen LogP contribution in [-0.4, -0.2) is 51.5 Å². The zero-order valence-corrected chi connectivity index (χ0v) is 34.2. The minimum absolute atomic E-state index is 0.121. The standard InChI is InChI=1S/C46H40F12N2O2/c1-10-11-12-33-26(2)59(32-20-17-30(18-21-32)42(45(53,54)55,46(56,57)58)29-15-13-28(14-16-29)39(4,5)6)27(3)34(33)23-24-41(43(47,48)49,44(50,51)52)31-19-22-35-36(25-31)38(62)60(37(35)61)40(7,8)9/h1,12-23,25H,2-3,11,24H2,4-9H3/b33-12-,34-23-. The summed E-state index contributed by atoms with van der Waals surface area (Å²) in [5, 5.41) is -0.994. The van der Waals surface area contributed by atoms with E-state index in [2.05, 4.69) is 19.1 Å². The molecule has 0 saturated carbocycles. The van der Waals surface area contributed by atoms with Crippen molar-refractivity contribution in [2.45, 2.75) is 101 Å². The van der Waals surface area contributed by atoms with E-state index in [0.29, 0.717) is 35.9 Å². The Bertz CT molecular complexity index is 2650. The molecular weight excluding hydrogens is 840 g/mol. The van der Waals surface area contributed by atoms with Gasteiger partial charge in [-0.05, 0) is 79.1 Å². The van der Waals surface area contributed by atoms with Crippen molar-refractivity contribution < 1.29 is 62.3 Å². The Labute approximate surface area is 348 Å². The first-order valence-corrected chi connectivity index (χ1v) is 18.7. The van der Waals surface area contributed by atoms with Gasteiger partial charge in [-0.25, -0.2) is 0 Å². The molecule has 2 heterocycles. The summed E-state index contributed by atoms with van der Waals surface area (Å²) in [4.78, 5) is 27.0. The number of imide groups is 1. The van der Waals surface area contributed by atoms with Crippen molar-refractivity contribution in [3.8, 4) is 18.0 Å². The molecule has 3 aromatic carbocycles. The van der Waals surface area contributed by atoms with Gasteiger partial charge in [0, 0.05) is 38.8 Å². The van der Waals surface area contributed by atoms with Crippen LogP contribution in [0.5, 0.6) is 0 Å². The molecule has 0 spiro atoms. The predicted molar refractivity (Wildman–Crippen MR) is 211 cm³/mol. The number of terminal acetylenes is 1. The van der Waals surface area contributed by atoms with E-state index in [4.69, 9.17) is 6.42 Å². The van der Waals surface area contributed by atoms with Crippen molar-refractivity contribution in [1.29, 1.82) is 0 Å². The smallest absolute Gasteiger partial charge is 0.310 e. The van der Waals surface area contributed by atoms with Crippen LogP contribution in [0, 0.1) is 12.3 Å². The summed E-state index contributed by atoms with van der Waals surface area (Å²) in [5.74, 6) is 0.237. The molecule has 0 unspecified atom stereocenters. The van der Waals surface area contributed by atoms with Gasteiger partial charge >= 0.3 is 24.7 Å². The molecule has 4 aromatic rings. The number of nitrogens with zero attached hydrogens (tertiary/aromatic N) is 2. The fourth-order valence-electron chi connectivity index (χ4n) is 7.91. The van der Waals surface area contributed by atoms with Gasteiger partial charge in [-0.1, -0.05) is 88.5 Å². The Morgan fingerprint density at radius 2 is 1.00 bits per heavy atom. The number of rotatable bonds is 7. The normalized spacial score (nSPS) is 15.4. The molecule has 330 valence electrons. The van der Waals surface area contributed by atoms with Gasteiger partial charge in [-0.15, -0.1) is 12.3 Å². The number of amides is 2. The van der Waals surface area contributed by atoms with E-state index in [9.17, 15) is 35.9 Å². The van der Waals surface area contributed by atoms with Crippen LogP contribution < -0.4 is 21.1 Å². The lowest BCUT2D eigenvalue weighted by molar-refractivity contribution is -0.301. The summed E-state index contributed by atoms with van der Waals surface area (Å²) in [6.07, 6.45) is -18.9. The number of carbonyl (C=O) groups is 2. The third-order valence-electron chi connectivity index (χ3n) is 11.1. The lowest BCUT2D eigenvalue weighted by Gasteiger charge is -2.38. The van der Waals surface area contributed by atoms with Crippen LogP contribution >= 0.6 is 0 Å². The molecule has 1 aromatic heterocycles. The molecule has 62 heavy (non-hydrogen) atoms. The summed E-state index contributed by atoms with van der Waals surface area (Å²) in [5.41, 5.74) is -15.6. The molecule has 5 rings (SSSR count). The van der Waals surface area contributed by atoms with Crippen molar-refractivity contribution in [3.05, 3.63) is 121 Å². The molecule has 4 nitrogen and oxygen atoms in total. The highest BCUT2D eigenvalue weighted by molar-refractivity contribution is 6.22. The Morgan fingerprint density at radius 1 is 0.581 bits per heavy atom. The highest BCUT2D eigenvalue weighted by atomic mass is 19.4. The van der Waals surface area contributed by atoms with Crippen molar-refractivity contribution in [2.75, 3.05) is 0 Å². The molecule has 1 aliphatic heterocycles. The predicted octanol–water partition coefficient (Wildman–Crippen LogP) is 9.44. The molecule has 0 saturated heterocycles. The molecule has 16 heteroatoms. The van der Waals surface area contributed by atoms with Crippen LogP contribution in [0.1, 0.15) is 97.4 Å². The lowest BCUT2D eigenvalue weighted by atomic mass is 9.72. The quantitative estimate of drug-likeness (QED) is 0.106. The Hall–Kier alpha value is -5.72. The van der Waals surface area contributed by atoms with Gasteiger partial charge in [0.1, 0.15) is 0 Å². The first-order chi connectivity index (χ1) is 28.2. The third kappa shape index (κ3) is 7.51. The first-order valence-electron chi connectivity index (χ1n) is 18.7. The molecule has 0 N–H and O–H groups in total. The van der Waals surface area contributed by atoms with Gasteiger partial charge in [0.25, 0.3) is 11.8 Å². The second-order valence-corrected chi connectivity index (χ2v) is 17.0. The van der Waals surface area contributed by atoms with Crippen molar-refractivity contribution in [3.63, 3.8) is 0 Å². The minimum Gasteiger partial charge on any atom is -0.310 e. The Morgan fingerprint density at radius 3 is 1.42 bits per heavy atom. The molecule has 1 aliphatic rings. The maximum Gasteiger partial charge on any atom is 0.411 e. The van der Waals surface area contributed by atoms with Crippen LogP contribution in [0.4, 0.5) is 52.7 Å². The van der Waals surface area contributed by atoms with Gasteiger partial charge in [-0.2, -0.15) is 52.7 Å². The van der Waals surface area contributed by atoms with E-state index in [-0.39, 0.29) is 33.2 Å². The monoisotopic (exact) mass is 880 g/mol. The highest BCUT2D eigenvalue weighted by Crippen LogP contribution is 2.57. The number of aromatic nitrogens is 1. The van der Waals surface area contributed by atoms with E-state index in [0.717, 1.165) is 39.8 Å². The maximum absolute atomic E-state index is 15.2. The largest absolute Gasteiger partial charge is 0.411 e. The average Bonchev–Trinajstić information content (AvgIpc) is 3.51. The van der Waals surface area contributed by atoms with Crippen LogP contribution in [0.3, 0.4) is 0 Å². The average molecular weight is 881 g/mol. The second-order valence-electron chi connectivity index (χ2n) is 17.0. The van der Waals surface area contributed by atoms with Gasteiger partial charge in [-0.3, -0.25) is 14.5 Å². The SMILES string of the molecule is C#CC/C=c1/c(=C)n(-c2ccc(C(c3ccc(C(C)(C)C)cc3)(C(F)(F)F)C(F)(F)F)cc2)c(=C)/c1=C/CC(c1ccc2c(c1)C(=O)N(C(C)(C)C)C2=O)(C(F)(F)F)C(F)(F)F. The number of hydrogen-bond donors (Lipinski definition) is 0. The fourth-order valence-corrected chi connectivity index (χ4v) is 7.91. The Balaban J connectivity index is 1.74. The molecule has 0 aliphatic carbocycles. The maximum atomic E-state index is 15.2. The summed E-state index contributed by atoms with van der Waals surface area (Å²) < 4.78 is 182. The van der Waals surface area contributed by atoms with Crippen molar-refractivity contribution >= 4 is 37.1 Å². The Kier molecular flexibility index (Phi) is 11.7.